The largest absolute Gasteiger partial charge is 0.451 e. The number of nitrogens with one attached hydrogen (secondary N) is 1. The summed E-state index contributed by atoms with van der Waals surface area (Å²) in [5, 5.41) is 0. The third-order valence-electron chi connectivity index (χ3n) is 3.15. The van der Waals surface area contributed by atoms with Crippen LogP contribution in [0.1, 0.15) is 27.6 Å². The summed E-state index contributed by atoms with van der Waals surface area (Å²) in [6.07, 6.45) is -0.0115. The summed E-state index contributed by atoms with van der Waals surface area (Å²) in [4.78, 5) is 24.5. The smallest absolute Gasteiger partial charge is 0.340 e. The number of ketones is 1. The van der Waals surface area contributed by atoms with E-state index in [-0.39, 0.29) is 17.0 Å². The van der Waals surface area contributed by atoms with Gasteiger partial charge in [0.15, 0.2) is 6.10 Å². The fourth-order valence-corrected chi connectivity index (χ4v) is 2.64. The van der Waals surface area contributed by atoms with Crippen LogP contribution in [0.5, 0.6) is 0 Å². The lowest BCUT2D eigenvalue weighted by Crippen LogP contribution is -2.25. The molecule has 1 atom stereocenters. The molecule has 2 aromatic carbocycles. The number of benzene rings is 2. The molecule has 24 heavy (non-hydrogen) atoms. The third kappa shape index (κ3) is 4.66. The van der Waals surface area contributed by atoms with Crippen molar-refractivity contribution in [2.75, 3.05) is 11.0 Å². The highest BCUT2D eigenvalue weighted by molar-refractivity contribution is 7.92. The van der Waals surface area contributed by atoms with Gasteiger partial charge in [0.25, 0.3) is 0 Å². The Morgan fingerprint density at radius 2 is 1.58 bits per heavy atom. The number of hydrogen-bond acceptors (Lipinski definition) is 5. The van der Waals surface area contributed by atoms with Crippen LogP contribution in [-0.4, -0.2) is 32.5 Å². The summed E-state index contributed by atoms with van der Waals surface area (Å²) < 4.78 is 30.2. The summed E-state index contributed by atoms with van der Waals surface area (Å²) in [5.74, 6) is -1.11. The quantitative estimate of drug-likeness (QED) is 0.640. The molecule has 2 aromatic rings. The number of anilines is 1. The molecule has 0 aliphatic carbocycles. The Kier molecular flexibility index (Phi) is 5.35. The van der Waals surface area contributed by atoms with Gasteiger partial charge in [-0.15, -0.1) is 0 Å². The van der Waals surface area contributed by atoms with Gasteiger partial charge in [-0.2, -0.15) is 0 Å². The first-order chi connectivity index (χ1) is 11.3. The highest BCUT2D eigenvalue weighted by Gasteiger charge is 2.22. The maximum Gasteiger partial charge on any atom is 0.340 e. The fourth-order valence-electron chi connectivity index (χ4n) is 2.06. The minimum atomic E-state index is -3.55. The van der Waals surface area contributed by atoms with Crippen LogP contribution in [0.4, 0.5) is 5.69 Å². The van der Waals surface area contributed by atoms with Gasteiger partial charge >= 0.3 is 5.97 Å². The van der Waals surface area contributed by atoms with E-state index in [2.05, 4.69) is 4.72 Å². The number of para-hydroxylation sites is 1. The zero-order valence-corrected chi connectivity index (χ0v) is 14.0. The molecule has 0 radical (unpaired) electrons. The van der Waals surface area contributed by atoms with E-state index < -0.39 is 22.1 Å². The van der Waals surface area contributed by atoms with Gasteiger partial charge in [0.05, 0.1) is 17.5 Å². The van der Waals surface area contributed by atoms with Gasteiger partial charge < -0.3 is 4.74 Å². The molecule has 0 saturated heterocycles. The van der Waals surface area contributed by atoms with Crippen molar-refractivity contribution in [3.63, 3.8) is 0 Å². The first-order valence-electron chi connectivity index (χ1n) is 7.15. The van der Waals surface area contributed by atoms with Crippen LogP contribution in [0.3, 0.4) is 0 Å². The van der Waals surface area contributed by atoms with Crippen LogP contribution in [0, 0.1) is 0 Å². The van der Waals surface area contributed by atoms with Gasteiger partial charge in [0.1, 0.15) is 0 Å². The number of hydrogen-bond donors (Lipinski definition) is 1. The number of carbonyl (C=O) groups excluding carboxylic acids is 2. The third-order valence-corrected chi connectivity index (χ3v) is 3.74. The lowest BCUT2D eigenvalue weighted by atomic mass is 10.1. The number of esters is 1. The van der Waals surface area contributed by atoms with Gasteiger partial charge in [-0.3, -0.25) is 9.52 Å². The van der Waals surface area contributed by atoms with Crippen molar-refractivity contribution in [1.82, 2.24) is 0 Å². The van der Waals surface area contributed by atoms with Gasteiger partial charge in [-0.1, -0.05) is 42.5 Å². The highest BCUT2D eigenvalue weighted by Crippen LogP contribution is 2.18. The van der Waals surface area contributed by atoms with Crippen LogP contribution in [0.2, 0.25) is 0 Å². The Morgan fingerprint density at radius 3 is 2.21 bits per heavy atom. The summed E-state index contributed by atoms with van der Waals surface area (Å²) >= 11 is 0. The predicted molar refractivity (Wildman–Crippen MR) is 90.6 cm³/mol. The van der Waals surface area contributed by atoms with Gasteiger partial charge in [0.2, 0.25) is 15.8 Å². The minimum Gasteiger partial charge on any atom is -0.451 e. The maximum atomic E-state index is 12.3. The van der Waals surface area contributed by atoms with Crippen molar-refractivity contribution in [3.8, 4) is 0 Å². The topological polar surface area (TPSA) is 89.5 Å². The first-order valence-corrected chi connectivity index (χ1v) is 9.04. The Labute approximate surface area is 140 Å². The maximum absolute atomic E-state index is 12.3. The Bertz CT molecular complexity index is 846. The first kappa shape index (κ1) is 17.7. The SMILES string of the molecule is C[C@@H](OC(=O)c1ccccc1NS(C)(=O)=O)C(=O)c1ccccc1. The van der Waals surface area contributed by atoms with E-state index in [9.17, 15) is 18.0 Å². The minimum absolute atomic E-state index is 0.0376. The van der Waals surface area contributed by atoms with Crippen LogP contribution in [0.15, 0.2) is 54.6 Å². The van der Waals surface area contributed by atoms with E-state index >= 15 is 0 Å². The molecule has 0 amide bonds. The molecule has 0 bridgehead atoms. The van der Waals surface area contributed by atoms with Crippen molar-refractivity contribution in [1.29, 1.82) is 0 Å². The van der Waals surface area contributed by atoms with E-state index in [1.54, 1.807) is 42.5 Å². The molecular formula is C17H17NO5S. The van der Waals surface area contributed by atoms with Crippen LogP contribution < -0.4 is 4.72 Å². The van der Waals surface area contributed by atoms with Crippen molar-refractivity contribution in [2.24, 2.45) is 0 Å². The van der Waals surface area contributed by atoms with E-state index in [0.29, 0.717) is 5.56 Å². The monoisotopic (exact) mass is 347 g/mol. The second-order valence-corrected chi connectivity index (χ2v) is 6.95. The molecule has 7 heteroatoms. The normalized spacial score (nSPS) is 12.2. The molecule has 1 N–H and O–H groups in total. The van der Waals surface area contributed by atoms with Crippen molar-refractivity contribution < 1.29 is 22.7 Å². The Balaban J connectivity index is 2.17. The molecule has 0 aliphatic rings. The molecule has 0 fully saturated rings. The molecular weight excluding hydrogens is 330 g/mol. The Hall–Kier alpha value is -2.67. The van der Waals surface area contributed by atoms with E-state index in [1.807, 2.05) is 0 Å². The second-order valence-electron chi connectivity index (χ2n) is 5.20. The van der Waals surface area contributed by atoms with Gasteiger partial charge in [-0.25, -0.2) is 13.2 Å². The molecule has 0 saturated carbocycles. The van der Waals surface area contributed by atoms with Gasteiger partial charge in [0, 0.05) is 5.56 Å². The summed E-state index contributed by atoms with van der Waals surface area (Å²) in [6.45, 7) is 1.47. The van der Waals surface area contributed by atoms with Crippen molar-refractivity contribution in [2.45, 2.75) is 13.0 Å². The molecule has 0 aliphatic heterocycles. The van der Waals surface area contributed by atoms with Crippen molar-refractivity contribution >= 4 is 27.5 Å². The van der Waals surface area contributed by atoms with Gasteiger partial charge in [-0.05, 0) is 19.1 Å². The highest BCUT2D eigenvalue weighted by atomic mass is 32.2. The average molecular weight is 347 g/mol. The fraction of sp³-hybridized carbons (Fsp3) is 0.176. The number of sulfonamides is 1. The number of carbonyl (C=O) groups is 2. The average Bonchev–Trinajstić information content (AvgIpc) is 2.53. The second kappa shape index (κ2) is 7.27. The Morgan fingerprint density at radius 1 is 1.00 bits per heavy atom. The number of ether oxygens (including phenoxy) is 1. The molecule has 0 aromatic heterocycles. The molecule has 6 nitrogen and oxygen atoms in total. The summed E-state index contributed by atoms with van der Waals surface area (Å²) in [7, 11) is -3.55. The zero-order chi connectivity index (χ0) is 17.7. The predicted octanol–water partition coefficient (Wildman–Crippen LogP) is 2.49. The van der Waals surface area contributed by atoms with Crippen LogP contribution >= 0.6 is 0 Å². The number of rotatable bonds is 6. The van der Waals surface area contributed by atoms with Crippen LogP contribution in [0.25, 0.3) is 0 Å². The number of Topliss-reactive ketones (excluding diaryl/α,β-unsaturated/α-hetero) is 1. The molecule has 0 heterocycles. The van der Waals surface area contributed by atoms with E-state index in [4.69, 9.17) is 4.74 Å². The summed E-state index contributed by atoms with van der Waals surface area (Å²) in [5.41, 5.74) is 0.570. The zero-order valence-electron chi connectivity index (χ0n) is 13.2. The molecule has 0 spiro atoms. The lowest BCUT2D eigenvalue weighted by molar-refractivity contribution is 0.0320. The lowest BCUT2D eigenvalue weighted by Gasteiger charge is -2.14. The standard InChI is InChI=1S/C17H17NO5S/c1-12(16(19)13-8-4-3-5-9-13)23-17(20)14-10-6-7-11-15(14)18-24(2,21)22/h3-12,18H,1-2H3/t12-/m1/s1. The molecule has 2 rings (SSSR count). The summed E-state index contributed by atoms with van der Waals surface area (Å²) in [6, 6.07) is 14.5. The molecule has 0 unspecified atom stereocenters. The van der Waals surface area contributed by atoms with E-state index in [0.717, 1.165) is 6.26 Å². The van der Waals surface area contributed by atoms with Crippen LogP contribution in [-0.2, 0) is 14.8 Å². The van der Waals surface area contributed by atoms with E-state index in [1.165, 1.54) is 19.1 Å². The van der Waals surface area contributed by atoms with Crippen molar-refractivity contribution in [3.05, 3.63) is 65.7 Å². The molecule has 126 valence electrons.